The number of benzene rings is 10. The Balaban J connectivity index is 1.15. The van der Waals surface area contributed by atoms with Crippen LogP contribution in [0.3, 0.4) is 0 Å². The largest absolute Gasteiger partial charge is 0.278 e. The third kappa shape index (κ3) is 3.90. The predicted molar refractivity (Wildman–Crippen MR) is 246 cm³/mol. The second kappa shape index (κ2) is 10.9. The molecule has 0 spiro atoms. The summed E-state index contributed by atoms with van der Waals surface area (Å²) in [7, 11) is 0. The van der Waals surface area contributed by atoms with Gasteiger partial charge < -0.3 is 0 Å². The molecule has 0 atom stereocenters. The van der Waals surface area contributed by atoms with E-state index in [0.29, 0.717) is 5.95 Å². The van der Waals surface area contributed by atoms with Crippen LogP contribution in [0.4, 0.5) is 0 Å². The molecule has 4 aromatic heterocycles. The molecule has 0 bridgehead atoms. The lowest BCUT2D eigenvalue weighted by atomic mass is 9.87. The van der Waals surface area contributed by atoms with Crippen molar-refractivity contribution in [3.63, 3.8) is 0 Å². The van der Waals surface area contributed by atoms with Gasteiger partial charge in [-0.25, -0.2) is 9.97 Å². The van der Waals surface area contributed by atoms with Gasteiger partial charge in [0, 0.05) is 62.1 Å². The minimum atomic E-state index is 0.678. The van der Waals surface area contributed by atoms with Crippen LogP contribution in [0, 0.1) is 0 Å². The molecule has 14 rings (SSSR count). The summed E-state index contributed by atoms with van der Waals surface area (Å²) in [5.74, 6) is 0.678. The third-order valence-electron chi connectivity index (χ3n) is 12.3. The highest BCUT2D eigenvalue weighted by Gasteiger charge is 2.24. The van der Waals surface area contributed by atoms with Gasteiger partial charge in [-0.15, -0.1) is 22.7 Å². The Morgan fingerprint density at radius 3 is 1.77 bits per heavy atom. The van der Waals surface area contributed by atoms with Crippen LogP contribution in [0.1, 0.15) is 0 Å². The molecule has 0 saturated heterocycles. The van der Waals surface area contributed by atoms with Crippen LogP contribution in [0.5, 0.6) is 0 Å². The van der Waals surface area contributed by atoms with Crippen LogP contribution < -0.4 is 0 Å². The van der Waals surface area contributed by atoms with Crippen molar-refractivity contribution < 1.29 is 0 Å². The van der Waals surface area contributed by atoms with E-state index >= 15 is 0 Å². The van der Waals surface area contributed by atoms with E-state index in [-0.39, 0.29) is 0 Å². The lowest BCUT2D eigenvalue weighted by molar-refractivity contribution is 1.01. The minimum Gasteiger partial charge on any atom is -0.278 e. The molecule has 0 unspecified atom stereocenters. The zero-order valence-corrected chi connectivity index (χ0v) is 31.9. The Morgan fingerprint density at radius 1 is 0.351 bits per heavy atom. The van der Waals surface area contributed by atoms with Crippen molar-refractivity contribution in [2.24, 2.45) is 0 Å². The van der Waals surface area contributed by atoms with Crippen LogP contribution in [0.15, 0.2) is 164 Å². The van der Waals surface area contributed by atoms with Gasteiger partial charge in [0.25, 0.3) is 0 Å². The molecule has 10 aromatic carbocycles. The molecule has 4 heterocycles. The fraction of sp³-hybridized carbons (Fsp3) is 0. The summed E-state index contributed by atoms with van der Waals surface area (Å²) in [4.78, 5) is 11.0. The van der Waals surface area contributed by atoms with Crippen LogP contribution in [-0.2, 0) is 0 Å². The molecule has 0 amide bonds. The number of aromatic nitrogens is 3. The molecular formula is C52H27N3S2. The summed E-state index contributed by atoms with van der Waals surface area (Å²) in [6.07, 6.45) is 0. The van der Waals surface area contributed by atoms with E-state index in [1.54, 1.807) is 0 Å². The van der Waals surface area contributed by atoms with Crippen molar-refractivity contribution in [1.82, 2.24) is 14.5 Å². The second-order valence-corrected chi connectivity index (χ2v) is 17.3. The maximum atomic E-state index is 5.60. The van der Waals surface area contributed by atoms with Gasteiger partial charge in [-0.2, -0.15) is 0 Å². The fourth-order valence-corrected chi connectivity index (χ4v) is 12.4. The second-order valence-electron chi connectivity index (χ2n) is 15.2. The standard InChI is InChI=1S/C52H27N3S2/c1-5-22-40-32(13-1)50(37-21-11-18-31-28-12-3-7-24-43(28)57-51(31)37)54-52(53-40)55-41-23-6-2-14-33(41)48-35-19-9-16-29-30-17-10-20-36-47(30)39(38(46(29)35)26-42(48)55)27-45-49(36)34-15-4-8-25-44(34)56-45/h1-27H. The smallest absolute Gasteiger partial charge is 0.235 e. The number of hydrogen-bond donors (Lipinski definition) is 0. The normalized spacial score (nSPS) is 12.6. The summed E-state index contributed by atoms with van der Waals surface area (Å²) >= 11 is 3.73. The highest BCUT2D eigenvalue weighted by atomic mass is 32.1. The average molecular weight is 758 g/mol. The Morgan fingerprint density at radius 2 is 0.947 bits per heavy atom. The average Bonchev–Trinajstić information content (AvgIpc) is 3.94. The molecule has 57 heavy (non-hydrogen) atoms. The van der Waals surface area contributed by atoms with Crippen LogP contribution in [-0.4, -0.2) is 14.5 Å². The van der Waals surface area contributed by atoms with Gasteiger partial charge in [-0.3, -0.25) is 4.57 Å². The molecule has 3 nitrogen and oxygen atoms in total. The van der Waals surface area contributed by atoms with Gasteiger partial charge >= 0.3 is 0 Å². The van der Waals surface area contributed by atoms with E-state index in [0.717, 1.165) is 33.2 Å². The Hall–Kier alpha value is -6.92. The van der Waals surface area contributed by atoms with Gasteiger partial charge in [-0.05, 0) is 79.5 Å². The zero-order chi connectivity index (χ0) is 36.9. The van der Waals surface area contributed by atoms with E-state index in [1.165, 1.54) is 94.2 Å². The Bertz CT molecular complexity index is 4050. The van der Waals surface area contributed by atoms with Gasteiger partial charge in [0.2, 0.25) is 5.95 Å². The van der Waals surface area contributed by atoms with Gasteiger partial charge in [-0.1, -0.05) is 127 Å². The summed E-state index contributed by atoms with van der Waals surface area (Å²) in [5, 5.41) is 19.1. The number of hydrogen-bond acceptors (Lipinski definition) is 4. The molecule has 0 saturated carbocycles. The highest BCUT2D eigenvalue weighted by Crippen LogP contribution is 2.49. The predicted octanol–water partition coefficient (Wildman–Crippen LogP) is 15.2. The van der Waals surface area contributed by atoms with Crippen molar-refractivity contribution in [2.75, 3.05) is 0 Å². The molecule has 0 aliphatic carbocycles. The molecular weight excluding hydrogens is 731 g/mol. The lowest BCUT2D eigenvalue weighted by Crippen LogP contribution is -2.03. The SMILES string of the molecule is c1ccc2c(-c3cccc4c3sc3ccccc34)nc(-n3c4ccccc4c4c5cccc6c7cccc8c9c(cc(c(cc43)c65)c78)sc3ccccc39)nc2c1. The van der Waals surface area contributed by atoms with E-state index in [1.807, 2.05) is 22.7 Å². The molecule has 262 valence electrons. The summed E-state index contributed by atoms with van der Waals surface area (Å²) < 4.78 is 7.50. The quantitative estimate of drug-likeness (QED) is 0.130. The zero-order valence-electron chi connectivity index (χ0n) is 30.2. The highest BCUT2D eigenvalue weighted by molar-refractivity contribution is 7.26. The van der Waals surface area contributed by atoms with E-state index in [4.69, 9.17) is 9.97 Å². The number of rotatable bonds is 2. The minimum absolute atomic E-state index is 0.678. The van der Waals surface area contributed by atoms with Crippen molar-refractivity contribution in [3.05, 3.63) is 164 Å². The van der Waals surface area contributed by atoms with Gasteiger partial charge in [0.05, 0.1) is 22.2 Å². The number of nitrogens with zero attached hydrogens (tertiary/aromatic N) is 3. The maximum Gasteiger partial charge on any atom is 0.235 e. The Kier molecular flexibility index (Phi) is 5.79. The van der Waals surface area contributed by atoms with E-state index < -0.39 is 0 Å². The van der Waals surface area contributed by atoms with Crippen LogP contribution in [0.25, 0.3) is 133 Å². The van der Waals surface area contributed by atoms with E-state index in [2.05, 4.69) is 168 Å². The molecule has 0 N–H and O–H groups in total. The molecule has 0 fully saturated rings. The summed E-state index contributed by atoms with van der Waals surface area (Å²) in [6, 6.07) is 60.1. The number of thiophene rings is 2. The molecule has 0 aliphatic heterocycles. The first kappa shape index (κ1) is 30.3. The van der Waals surface area contributed by atoms with Gasteiger partial charge in [0.15, 0.2) is 0 Å². The van der Waals surface area contributed by atoms with E-state index in [9.17, 15) is 0 Å². The Labute approximate surface area is 332 Å². The molecule has 0 radical (unpaired) electrons. The van der Waals surface area contributed by atoms with Gasteiger partial charge in [0.1, 0.15) is 0 Å². The van der Waals surface area contributed by atoms with Crippen molar-refractivity contribution in [3.8, 4) is 17.2 Å². The number of fused-ring (bicyclic) bond motifs is 14. The maximum absolute atomic E-state index is 5.60. The molecule has 5 heteroatoms. The first-order valence-corrected chi connectivity index (χ1v) is 21.0. The van der Waals surface area contributed by atoms with Crippen LogP contribution in [0.2, 0.25) is 0 Å². The first-order valence-electron chi connectivity index (χ1n) is 19.3. The summed E-state index contributed by atoms with van der Waals surface area (Å²) in [6.45, 7) is 0. The number of para-hydroxylation sites is 2. The monoisotopic (exact) mass is 757 g/mol. The van der Waals surface area contributed by atoms with Crippen molar-refractivity contribution >= 4 is 139 Å². The van der Waals surface area contributed by atoms with Crippen molar-refractivity contribution in [1.29, 1.82) is 0 Å². The summed E-state index contributed by atoms with van der Waals surface area (Å²) in [5.41, 5.74) is 5.22. The third-order valence-corrected chi connectivity index (χ3v) is 14.7. The molecule has 0 aliphatic rings. The molecule has 14 aromatic rings. The first-order chi connectivity index (χ1) is 28.3. The topological polar surface area (TPSA) is 30.7 Å². The lowest BCUT2D eigenvalue weighted by Gasteiger charge is -2.17. The fourth-order valence-electron chi connectivity index (χ4n) is 10.0. The van der Waals surface area contributed by atoms with Crippen LogP contribution >= 0.6 is 22.7 Å². The van der Waals surface area contributed by atoms with Crippen molar-refractivity contribution in [2.45, 2.75) is 0 Å².